The lowest BCUT2D eigenvalue weighted by Gasteiger charge is -2.16. The zero-order valence-electron chi connectivity index (χ0n) is 14.8. The molecule has 1 aliphatic carbocycles. The van der Waals surface area contributed by atoms with E-state index in [0.717, 1.165) is 32.1 Å². The first-order valence-electron chi connectivity index (χ1n) is 9.12. The highest BCUT2D eigenvalue weighted by molar-refractivity contribution is 5.96. The Morgan fingerprint density at radius 2 is 1.71 bits per heavy atom. The summed E-state index contributed by atoms with van der Waals surface area (Å²) in [5, 5.41) is 5.92. The molecular formula is C19H29N3O2. The van der Waals surface area contributed by atoms with Gasteiger partial charge in [0, 0.05) is 12.6 Å². The zero-order valence-corrected chi connectivity index (χ0v) is 14.8. The molecule has 1 aliphatic rings. The molecule has 2 N–H and O–H groups in total. The molecule has 0 saturated heterocycles. The highest BCUT2D eigenvalue weighted by Crippen LogP contribution is 2.17. The molecule has 0 unspecified atom stereocenters. The lowest BCUT2D eigenvalue weighted by molar-refractivity contribution is 0.0927. The van der Waals surface area contributed by atoms with Gasteiger partial charge in [-0.25, -0.2) is 4.98 Å². The van der Waals surface area contributed by atoms with Crippen molar-refractivity contribution < 1.29 is 9.59 Å². The molecule has 1 heterocycles. The normalized spacial score (nSPS) is 15.8. The van der Waals surface area contributed by atoms with Crippen LogP contribution in [-0.4, -0.2) is 29.4 Å². The molecule has 2 amide bonds. The van der Waals surface area contributed by atoms with Gasteiger partial charge in [0.1, 0.15) is 11.4 Å². The van der Waals surface area contributed by atoms with Crippen molar-refractivity contribution in [1.82, 2.24) is 15.6 Å². The van der Waals surface area contributed by atoms with E-state index < -0.39 is 0 Å². The third-order valence-electron chi connectivity index (χ3n) is 4.41. The summed E-state index contributed by atoms with van der Waals surface area (Å²) in [4.78, 5) is 28.8. The average Bonchev–Trinajstić information content (AvgIpc) is 2.83. The summed E-state index contributed by atoms with van der Waals surface area (Å²) in [6, 6.07) is 5.25. The number of carbonyl (C=O) groups excluding carboxylic acids is 2. The monoisotopic (exact) mass is 331 g/mol. The second-order valence-electron chi connectivity index (χ2n) is 7.01. The van der Waals surface area contributed by atoms with Crippen molar-refractivity contribution in [2.75, 3.05) is 6.54 Å². The van der Waals surface area contributed by atoms with Gasteiger partial charge in [-0.3, -0.25) is 9.59 Å². The Morgan fingerprint density at radius 1 is 1.08 bits per heavy atom. The number of carbonyl (C=O) groups is 2. The van der Waals surface area contributed by atoms with Crippen molar-refractivity contribution in [2.45, 2.75) is 64.8 Å². The summed E-state index contributed by atoms with van der Waals surface area (Å²) >= 11 is 0. The Kier molecular flexibility index (Phi) is 7.22. The van der Waals surface area contributed by atoms with E-state index >= 15 is 0 Å². The van der Waals surface area contributed by atoms with Crippen LogP contribution in [0.15, 0.2) is 18.2 Å². The van der Waals surface area contributed by atoms with Crippen molar-refractivity contribution in [3.63, 3.8) is 0 Å². The van der Waals surface area contributed by atoms with Crippen molar-refractivity contribution >= 4 is 11.8 Å². The highest BCUT2D eigenvalue weighted by Gasteiger charge is 2.17. The van der Waals surface area contributed by atoms with Crippen LogP contribution in [0.25, 0.3) is 0 Å². The van der Waals surface area contributed by atoms with Crippen LogP contribution >= 0.6 is 0 Å². The molecule has 5 heteroatoms. The summed E-state index contributed by atoms with van der Waals surface area (Å²) in [5.74, 6) is 0.133. The average molecular weight is 331 g/mol. The molecule has 1 aromatic heterocycles. The number of hydrogen-bond acceptors (Lipinski definition) is 3. The number of hydrogen-bond donors (Lipinski definition) is 2. The number of pyridine rings is 1. The Labute approximate surface area is 144 Å². The van der Waals surface area contributed by atoms with E-state index in [1.54, 1.807) is 18.2 Å². The molecule has 0 spiro atoms. The molecule has 1 saturated carbocycles. The first-order chi connectivity index (χ1) is 11.6. The summed E-state index contributed by atoms with van der Waals surface area (Å²) in [6.45, 7) is 4.85. The highest BCUT2D eigenvalue weighted by atomic mass is 16.2. The van der Waals surface area contributed by atoms with E-state index in [1.165, 1.54) is 12.8 Å². The molecule has 2 rings (SSSR count). The van der Waals surface area contributed by atoms with E-state index in [4.69, 9.17) is 0 Å². The first-order valence-corrected chi connectivity index (χ1v) is 9.12. The summed E-state index contributed by atoms with van der Waals surface area (Å²) in [5.41, 5.74) is 0.614. The fourth-order valence-electron chi connectivity index (χ4n) is 2.94. The third kappa shape index (κ3) is 5.95. The van der Waals surface area contributed by atoms with Gasteiger partial charge >= 0.3 is 0 Å². The van der Waals surface area contributed by atoms with Crippen LogP contribution in [0.5, 0.6) is 0 Å². The predicted octanol–water partition coefficient (Wildman–Crippen LogP) is 3.31. The largest absolute Gasteiger partial charge is 0.351 e. The van der Waals surface area contributed by atoms with Gasteiger partial charge in [0.25, 0.3) is 11.8 Å². The van der Waals surface area contributed by atoms with Crippen LogP contribution in [0.2, 0.25) is 0 Å². The molecule has 0 aromatic carbocycles. The van der Waals surface area contributed by atoms with E-state index in [2.05, 4.69) is 29.5 Å². The minimum Gasteiger partial charge on any atom is -0.351 e. The van der Waals surface area contributed by atoms with E-state index in [9.17, 15) is 9.59 Å². The molecule has 0 bridgehead atoms. The topological polar surface area (TPSA) is 71.1 Å². The van der Waals surface area contributed by atoms with Gasteiger partial charge in [-0.1, -0.05) is 45.6 Å². The summed E-state index contributed by atoms with van der Waals surface area (Å²) in [6.07, 6.45) is 7.80. The maximum absolute atomic E-state index is 12.4. The minimum absolute atomic E-state index is 0.182. The fraction of sp³-hybridized carbons (Fsp3) is 0.632. The van der Waals surface area contributed by atoms with Gasteiger partial charge in [-0.05, 0) is 37.3 Å². The Morgan fingerprint density at radius 3 is 2.33 bits per heavy atom. The lowest BCUT2D eigenvalue weighted by Crippen LogP contribution is -2.35. The van der Waals surface area contributed by atoms with E-state index in [0.29, 0.717) is 23.9 Å². The van der Waals surface area contributed by atoms with Crippen LogP contribution in [0.4, 0.5) is 0 Å². The molecule has 132 valence electrons. The third-order valence-corrected chi connectivity index (χ3v) is 4.41. The Bertz CT molecular complexity index is 549. The number of rotatable bonds is 6. The number of amides is 2. The van der Waals surface area contributed by atoms with Gasteiger partial charge in [0.15, 0.2) is 0 Å². The molecule has 0 radical (unpaired) electrons. The van der Waals surface area contributed by atoms with Crippen LogP contribution < -0.4 is 10.6 Å². The quantitative estimate of drug-likeness (QED) is 0.786. The maximum atomic E-state index is 12.4. The number of aromatic nitrogens is 1. The van der Waals surface area contributed by atoms with Gasteiger partial charge in [-0.15, -0.1) is 0 Å². The zero-order chi connectivity index (χ0) is 17.4. The SMILES string of the molecule is CC(C)CCNC(=O)c1cccc(C(=O)NC2CCCCCC2)n1. The number of nitrogens with zero attached hydrogens (tertiary/aromatic N) is 1. The van der Waals surface area contributed by atoms with Gasteiger partial charge in [0.2, 0.25) is 0 Å². The minimum atomic E-state index is -0.222. The predicted molar refractivity (Wildman–Crippen MR) is 95.0 cm³/mol. The van der Waals surface area contributed by atoms with Crippen molar-refractivity contribution in [1.29, 1.82) is 0 Å². The van der Waals surface area contributed by atoms with Crippen LogP contribution in [-0.2, 0) is 0 Å². The number of nitrogens with one attached hydrogen (secondary N) is 2. The molecule has 1 fully saturated rings. The van der Waals surface area contributed by atoms with E-state index in [1.807, 2.05) is 0 Å². The Balaban J connectivity index is 1.93. The summed E-state index contributed by atoms with van der Waals surface area (Å²) in [7, 11) is 0. The standard InChI is InChI=1S/C19H29N3O2/c1-14(2)12-13-20-18(23)16-10-7-11-17(22-16)19(24)21-15-8-5-3-4-6-9-15/h7,10-11,14-15H,3-6,8-9,12-13H2,1-2H3,(H,20,23)(H,21,24). The summed E-state index contributed by atoms with van der Waals surface area (Å²) < 4.78 is 0. The molecule has 1 aromatic rings. The van der Waals surface area contributed by atoms with Crippen LogP contribution in [0.1, 0.15) is 79.8 Å². The second-order valence-corrected chi connectivity index (χ2v) is 7.01. The van der Waals surface area contributed by atoms with Crippen molar-refractivity contribution in [3.8, 4) is 0 Å². The Hall–Kier alpha value is -1.91. The molecule has 24 heavy (non-hydrogen) atoms. The van der Waals surface area contributed by atoms with Crippen LogP contribution in [0, 0.1) is 5.92 Å². The van der Waals surface area contributed by atoms with Crippen molar-refractivity contribution in [3.05, 3.63) is 29.6 Å². The maximum Gasteiger partial charge on any atom is 0.270 e. The molecule has 5 nitrogen and oxygen atoms in total. The van der Waals surface area contributed by atoms with E-state index in [-0.39, 0.29) is 17.9 Å². The molecule has 0 atom stereocenters. The molecule has 0 aliphatic heterocycles. The van der Waals surface area contributed by atoms with Gasteiger partial charge < -0.3 is 10.6 Å². The first kappa shape index (κ1) is 18.4. The van der Waals surface area contributed by atoms with Crippen molar-refractivity contribution in [2.24, 2.45) is 5.92 Å². The fourth-order valence-corrected chi connectivity index (χ4v) is 2.94. The van der Waals surface area contributed by atoms with Gasteiger partial charge in [-0.2, -0.15) is 0 Å². The lowest BCUT2D eigenvalue weighted by atomic mass is 10.1. The smallest absolute Gasteiger partial charge is 0.270 e. The molecular weight excluding hydrogens is 302 g/mol. The van der Waals surface area contributed by atoms with Gasteiger partial charge in [0.05, 0.1) is 0 Å². The second kappa shape index (κ2) is 9.40. The van der Waals surface area contributed by atoms with Crippen LogP contribution in [0.3, 0.4) is 0 Å².